The molecule has 3 aromatic rings. The van der Waals surface area contributed by atoms with E-state index in [1.165, 1.54) is 16.6 Å². The first kappa shape index (κ1) is 18.9. The normalized spacial score (nSPS) is 12.1. The van der Waals surface area contributed by atoms with Crippen molar-refractivity contribution < 1.29 is 4.79 Å². The molecule has 5 nitrogen and oxygen atoms in total. The Morgan fingerprint density at radius 1 is 1.42 bits per heavy atom. The average Bonchev–Trinajstić information content (AvgIpc) is 3.28. The Bertz CT molecular complexity index is 879. The summed E-state index contributed by atoms with van der Waals surface area (Å²) >= 11 is 9.15. The first-order valence-corrected chi connectivity index (χ1v) is 10.3. The zero-order chi connectivity index (χ0) is 18.5. The van der Waals surface area contributed by atoms with Gasteiger partial charge in [0.05, 0.1) is 5.25 Å². The highest BCUT2D eigenvalue weighted by Gasteiger charge is 2.18. The number of aromatic nitrogens is 3. The minimum atomic E-state index is -0.307. The van der Waals surface area contributed by atoms with Crippen LogP contribution in [0.3, 0.4) is 0 Å². The highest BCUT2D eigenvalue weighted by Crippen LogP contribution is 2.25. The molecule has 2 aromatic heterocycles. The summed E-state index contributed by atoms with van der Waals surface area (Å²) in [5, 5.41) is 14.2. The molecular formula is C18H19ClN4OS2. The van der Waals surface area contributed by atoms with Crippen molar-refractivity contribution in [1.82, 2.24) is 14.8 Å². The van der Waals surface area contributed by atoms with Gasteiger partial charge in [-0.1, -0.05) is 35.5 Å². The maximum atomic E-state index is 12.5. The molecule has 0 radical (unpaired) electrons. The number of hydrogen-bond acceptors (Lipinski definition) is 5. The number of amides is 1. The molecule has 0 aliphatic rings. The molecule has 0 saturated carbocycles. The molecule has 0 fully saturated rings. The van der Waals surface area contributed by atoms with Crippen molar-refractivity contribution in [2.75, 3.05) is 5.32 Å². The molecule has 26 heavy (non-hydrogen) atoms. The summed E-state index contributed by atoms with van der Waals surface area (Å²) in [6, 6.07) is 9.62. The summed E-state index contributed by atoms with van der Waals surface area (Å²) in [5.41, 5.74) is 1.70. The first-order valence-electron chi connectivity index (χ1n) is 8.17. The summed E-state index contributed by atoms with van der Waals surface area (Å²) in [5.74, 6) is -0.0897. The lowest BCUT2D eigenvalue weighted by Gasteiger charge is -2.14. The zero-order valence-corrected chi connectivity index (χ0v) is 16.9. The van der Waals surface area contributed by atoms with E-state index < -0.39 is 0 Å². The smallest absolute Gasteiger partial charge is 0.237 e. The fraction of sp³-hybridized carbons (Fsp3) is 0.278. The number of rotatable bonds is 7. The summed E-state index contributed by atoms with van der Waals surface area (Å²) in [4.78, 5) is 13.8. The van der Waals surface area contributed by atoms with Crippen molar-refractivity contribution in [2.24, 2.45) is 0 Å². The number of anilines is 1. The number of nitrogens with one attached hydrogen (secondary N) is 1. The molecule has 2 heterocycles. The quantitative estimate of drug-likeness (QED) is 0.579. The lowest BCUT2D eigenvalue weighted by atomic mass is 10.2. The van der Waals surface area contributed by atoms with Crippen molar-refractivity contribution in [3.63, 3.8) is 0 Å². The van der Waals surface area contributed by atoms with E-state index >= 15 is 0 Å². The third-order valence-corrected chi connectivity index (χ3v) is 6.13. The third-order valence-electron chi connectivity index (χ3n) is 3.87. The monoisotopic (exact) mass is 406 g/mol. The van der Waals surface area contributed by atoms with Gasteiger partial charge in [0, 0.05) is 22.1 Å². The molecule has 0 saturated heterocycles. The van der Waals surface area contributed by atoms with Crippen LogP contribution in [-0.2, 0) is 17.8 Å². The average molecular weight is 407 g/mol. The van der Waals surface area contributed by atoms with Crippen LogP contribution in [0.25, 0.3) is 0 Å². The molecular weight excluding hydrogens is 388 g/mol. The Balaban J connectivity index is 1.60. The number of nitrogens with zero attached hydrogens (tertiary/aromatic N) is 3. The van der Waals surface area contributed by atoms with E-state index in [1.54, 1.807) is 29.8 Å². The number of halogens is 1. The molecule has 8 heteroatoms. The van der Waals surface area contributed by atoms with Crippen LogP contribution in [0.5, 0.6) is 0 Å². The van der Waals surface area contributed by atoms with E-state index in [2.05, 4.69) is 27.0 Å². The number of hydrogen-bond donors (Lipinski definition) is 1. The van der Waals surface area contributed by atoms with Crippen LogP contribution in [0.2, 0.25) is 5.02 Å². The maximum Gasteiger partial charge on any atom is 0.237 e. The van der Waals surface area contributed by atoms with Crippen molar-refractivity contribution in [3.8, 4) is 0 Å². The van der Waals surface area contributed by atoms with Gasteiger partial charge >= 0.3 is 0 Å². The molecule has 1 aromatic carbocycles. The lowest BCUT2D eigenvalue weighted by molar-refractivity contribution is -0.115. The van der Waals surface area contributed by atoms with E-state index in [0.29, 0.717) is 5.02 Å². The van der Waals surface area contributed by atoms with Crippen LogP contribution < -0.4 is 5.32 Å². The topological polar surface area (TPSA) is 59.8 Å². The predicted molar refractivity (Wildman–Crippen MR) is 108 cm³/mol. The van der Waals surface area contributed by atoms with Crippen LogP contribution in [0.4, 0.5) is 5.69 Å². The first-order chi connectivity index (χ1) is 12.5. The Morgan fingerprint density at radius 2 is 2.27 bits per heavy atom. The summed E-state index contributed by atoms with van der Waals surface area (Å²) < 4.78 is 1.98. The summed E-state index contributed by atoms with van der Waals surface area (Å²) in [7, 11) is 0. The van der Waals surface area contributed by atoms with Gasteiger partial charge in [-0.3, -0.25) is 4.79 Å². The molecule has 0 spiro atoms. The van der Waals surface area contributed by atoms with Crippen molar-refractivity contribution in [3.05, 3.63) is 57.5 Å². The summed E-state index contributed by atoms with van der Waals surface area (Å²) in [6.07, 6.45) is 2.63. The second-order valence-electron chi connectivity index (χ2n) is 5.84. The molecule has 3 rings (SSSR count). The van der Waals surface area contributed by atoms with Gasteiger partial charge in [0.15, 0.2) is 5.16 Å². The fourth-order valence-electron chi connectivity index (χ4n) is 2.35. The molecule has 0 bridgehead atoms. The predicted octanol–water partition coefficient (Wildman–Crippen LogP) is 4.66. The molecule has 0 aliphatic carbocycles. The van der Waals surface area contributed by atoms with Crippen LogP contribution in [0.15, 0.2) is 47.2 Å². The van der Waals surface area contributed by atoms with Crippen molar-refractivity contribution in [1.29, 1.82) is 0 Å². The molecule has 1 atom stereocenters. The Kier molecular flexibility index (Phi) is 6.34. The molecule has 1 N–H and O–H groups in total. The Morgan fingerprint density at radius 3 is 3.04 bits per heavy atom. The molecule has 0 aliphatic heterocycles. The molecule has 1 amide bonds. The number of carbonyl (C=O) groups is 1. The number of benzene rings is 1. The standard InChI is InChI=1S/C18H19ClN4OS2/c1-12-5-6-14(19)10-16(12)21-17(24)13(2)26-18-22-20-11-23(18)8-7-15-4-3-9-25-15/h3-6,9-11,13H,7-8H2,1-2H3,(H,21,24). The highest BCUT2D eigenvalue weighted by atomic mass is 35.5. The molecule has 1 unspecified atom stereocenters. The van der Waals surface area contributed by atoms with E-state index in [1.807, 2.05) is 30.5 Å². The van der Waals surface area contributed by atoms with Crippen LogP contribution in [0.1, 0.15) is 17.4 Å². The fourth-order valence-corrected chi connectivity index (χ4v) is 4.07. The maximum absolute atomic E-state index is 12.5. The Labute approximate surface area is 165 Å². The van der Waals surface area contributed by atoms with Crippen LogP contribution >= 0.6 is 34.7 Å². The minimum absolute atomic E-state index is 0.0897. The SMILES string of the molecule is Cc1ccc(Cl)cc1NC(=O)C(C)Sc1nncn1CCc1cccs1. The van der Waals surface area contributed by atoms with Gasteiger partial charge in [0.25, 0.3) is 0 Å². The minimum Gasteiger partial charge on any atom is -0.325 e. The number of thioether (sulfide) groups is 1. The zero-order valence-electron chi connectivity index (χ0n) is 14.5. The van der Waals surface area contributed by atoms with Crippen LogP contribution in [0, 0.1) is 6.92 Å². The van der Waals surface area contributed by atoms with Gasteiger partial charge in [-0.05, 0) is 49.4 Å². The van der Waals surface area contributed by atoms with Gasteiger partial charge < -0.3 is 9.88 Å². The van der Waals surface area contributed by atoms with Crippen LogP contribution in [-0.4, -0.2) is 25.9 Å². The molecule has 136 valence electrons. The van der Waals surface area contributed by atoms with Gasteiger partial charge in [-0.2, -0.15) is 0 Å². The largest absolute Gasteiger partial charge is 0.325 e. The second kappa shape index (κ2) is 8.70. The van der Waals surface area contributed by atoms with E-state index in [4.69, 9.17) is 11.6 Å². The summed E-state index contributed by atoms with van der Waals surface area (Å²) in [6.45, 7) is 4.58. The van der Waals surface area contributed by atoms with Crippen molar-refractivity contribution >= 4 is 46.3 Å². The third kappa shape index (κ3) is 4.87. The number of thiophene rings is 1. The highest BCUT2D eigenvalue weighted by molar-refractivity contribution is 8.00. The van der Waals surface area contributed by atoms with Crippen molar-refractivity contribution in [2.45, 2.75) is 37.2 Å². The van der Waals surface area contributed by atoms with Gasteiger partial charge in [-0.25, -0.2) is 0 Å². The van der Waals surface area contributed by atoms with E-state index in [0.717, 1.165) is 29.4 Å². The van der Waals surface area contributed by atoms with Gasteiger partial charge in [-0.15, -0.1) is 21.5 Å². The van der Waals surface area contributed by atoms with E-state index in [-0.39, 0.29) is 11.2 Å². The second-order valence-corrected chi connectivity index (χ2v) is 8.62. The Hall–Kier alpha value is -1.83. The number of aryl methyl sites for hydroxylation is 3. The van der Waals surface area contributed by atoms with E-state index in [9.17, 15) is 4.79 Å². The van der Waals surface area contributed by atoms with Gasteiger partial charge in [0.2, 0.25) is 5.91 Å². The lowest BCUT2D eigenvalue weighted by Crippen LogP contribution is -2.23. The van der Waals surface area contributed by atoms with Gasteiger partial charge in [0.1, 0.15) is 6.33 Å². The number of carbonyl (C=O) groups excluding carboxylic acids is 1.